The molecule has 0 saturated heterocycles. The van der Waals surface area contributed by atoms with Gasteiger partial charge in [0.1, 0.15) is 22.1 Å². The molecular formula is C12H12N2O3S. The van der Waals surface area contributed by atoms with Crippen LogP contribution in [0.4, 0.5) is 0 Å². The van der Waals surface area contributed by atoms with Gasteiger partial charge in [0.15, 0.2) is 0 Å². The van der Waals surface area contributed by atoms with Crippen LogP contribution >= 0.6 is 11.3 Å². The number of nitrogens with one attached hydrogen (secondary N) is 1. The van der Waals surface area contributed by atoms with Crippen LogP contribution in [0.25, 0.3) is 0 Å². The van der Waals surface area contributed by atoms with E-state index in [1.165, 1.54) is 29.5 Å². The smallest absolute Gasteiger partial charge is 0.259 e. The first-order valence-corrected chi connectivity index (χ1v) is 6.10. The number of thiazole rings is 1. The predicted molar refractivity (Wildman–Crippen MR) is 67.8 cm³/mol. The van der Waals surface area contributed by atoms with Crippen LogP contribution in [-0.4, -0.2) is 21.1 Å². The van der Waals surface area contributed by atoms with Crippen LogP contribution in [0.3, 0.4) is 0 Å². The van der Waals surface area contributed by atoms with Crippen LogP contribution in [-0.2, 0) is 6.54 Å². The SMILES string of the molecule is Cc1cnc(CNC(=O)c2c(O)cccc2O)s1. The van der Waals surface area contributed by atoms with Gasteiger partial charge < -0.3 is 15.5 Å². The molecule has 6 heteroatoms. The Kier molecular flexibility index (Phi) is 3.47. The molecule has 1 amide bonds. The van der Waals surface area contributed by atoms with Crippen molar-refractivity contribution in [1.29, 1.82) is 0 Å². The number of rotatable bonds is 3. The minimum absolute atomic E-state index is 0.120. The molecule has 0 aliphatic heterocycles. The minimum Gasteiger partial charge on any atom is -0.507 e. The van der Waals surface area contributed by atoms with Gasteiger partial charge in [-0.1, -0.05) is 6.07 Å². The van der Waals surface area contributed by atoms with Gasteiger partial charge >= 0.3 is 0 Å². The molecule has 3 N–H and O–H groups in total. The summed E-state index contributed by atoms with van der Waals surface area (Å²) in [6.07, 6.45) is 1.73. The number of benzene rings is 1. The van der Waals surface area contributed by atoms with E-state index in [1.807, 2.05) is 6.92 Å². The van der Waals surface area contributed by atoms with Crippen molar-refractivity contribution in [2.24, 2.45) is 0 Å². The third-order valence-corrected chi connectivity index (χ3v) is 3.23. The second-order valence-corrected chi connectivity index (χ2v) is 5.04. The lowest BCUT2D eigenvalue weighted by atomic mass is 10.1. The molecule has 0 aliphatic carbocycles. The standard InChI is InChI=1S/C12H12N2O3S/c1-7-5-13-10(18-7)6-14-12(17)11-8(15)3-2-4-9(11)16/h2-5,15-16H,6H2,1H3,(H,14,17). The fraction of sp³-hybridized carbons (Fsp3) is 0.167. The number of aromatic hydroxyl groups is 2. The van der Waals surface area contributed by atoms with E-state index < -0.39 is 5.91 Å². The second kappa shape index (κ2) is 5.05. The van der Waals surface area contributed by atoms with Crippen molar-refractivity contribution in [2.75, 3.05) is 0 Å². The van der Waals surface area contributed by atoms with Crippen molar-refractivity contribution in [3.63, 3.8) is 0 Å². The maximum Gasteiger partial charge on any atom is 0.259 e. The number of phenolic OH excluding ortho intramolecular Hbond substituents is 2. The van der Waals surface area contributed by atoms with Crippen LogP contribution in [0.15, 0.2) is 24.4 Å². The molecule has 2 rings (SSSR count). The van der Waals surface area contributed by atoms with Gasteiger partial charge in [0, 0.05) is 11.1 Å². The van der Waals surface area contributed by atoms with Crippen molar-refractivity contribution in [3.05, 3.63) is 39.8 Å². The Hall–Kier alpha value is -2.08. The maximum atomic E-state index is 11.8. The molecule has 5 nitrogen and oxygen atoms in total. The molecule has 0 fully saturated rings. The summed E-state index contributed by atoms with van der Waals surface area (Å²) in [6, 6.07) is 4.16. The Morgan fingerprint density at radius 1 is 1.39 bits per heavy atom. The number of carbonyl (C=O) groups is 1. The Bertz CT molecular complexity index is 560. The third kappa shape index (κ3) is 2.60. The Balaban J connectivity index is 2.08. The largest absolute Gasteiger partial charge is 0.507 e. The average Bonchev–Trinajstić information content (AvgIpc) is 2.72. The van der Waals surface area contributed by atoms with Crippen LogP contribution in [0, 0.1) is 6.92 Å². The summed E-state index contributed by atoms with van der Waals surface area (Å²) >= 11 is 1.48. The molecule has 0 atom stereocenters. The van der Waals surface area contributed by atoms with Crippen molar-refractivity contribution in [3.8, 4) is 11.5 Å². The third-order valence-electron chi connectivity index (χ3n) is 2.32. The maximum absolute atomic E-state index is 11.8. The fourth-order valence-corrected chi connectivity index (χ4v) is 2.22. The molecule has 1 aromatic heterocycles. The fourth-order valence-electron chi connectivity index (χ4n) is 1.49. The zero-order valence-corrected chi connectivity index (χ0v) is 10.5. The number of nitrogens with zero attached hydrogens (tertiary/aromatic N) is 1. The van der Waals surface area contributed by atoms with Gasteiger partial charge in [-0.05, 0) is 19.1 Å². The molecule has 0 bridgehead atoms. The van der Waals surface area contributed by atoms with Crippen molar-refractivity contribution >= 4 is 17.2 Å². The van der Waals surface area contributed by atoms with Crippen molar-refractivity contribution < 1.29 is 15.0 Å². The molecule has 0 radical (unpaired) electrons. The summed E-state index contributed by atoms with van der Waals surface area (Å²) in [7, 11) is 0. The molecule has 0 saturated carbocycles. The lowest BCUT2D eigenvalue weighted by Crippen LogP contribution is -2.22. The molecule has 2 aromatic rings. The highest BCUT2D eigenvalue weighted by Crippen LogP contribution is 2.26. The number of amides is 1. The van der Waals surface area contributed by atoms with Gasteiger partial charge in [0.25, 0.3) is 5.91 Å². The van der Waals surface area contributed by atoms with Crippen molar-refractivity contribution in [1.82, 2.24) is 10.3 Å². The molecule has 94 valence electrons. The normalized spacial score (nSPS) is 10.3. The van der Waals surface area contributed by atoms with E-state index in [-0.39, 0.29) is 23.6 Å². The van der Waals surface area contributed by atoms with Gasteiger partial charge in [0.2, 0.25) is 0 Å². The Labute approximate surface area is 108 Å². The number of hydrogen-bond acceptors (Lipinski definition) is 5. The van der Waals surface area contributed by atoms with Crippen molar-refractivity contribution in [2.45, 2.75) is 13.5 Å². The number of hydrogen-bond donors (Lipinski definition) is 3. The average molecular weight is 264 g/mol. The highest BCUT2D eigenvalue weighted by atomic mass is 32.1. The van der Waals surface area contributed by atoms with E-state index >= 15 is 0 Å². The van der Waals surface area contributed by atoms with Gasteiger partial charge in [0.05, 0.1) is 6.54 Å². The van der Waals surface area contributed by atoms with E-state index in [1.54, 1.807) is 6.20 Å². The Morgan fingerprint density at radius 3 is 2.61 bits per heavy atom. The van der Waals surface area contributed by atoms with Gasteiger partial charge in [-0.15, -0.1) is 11.3 Å². The van der Waals surface area contributed by atoms with E-state index in [4.69, 9.17) is 0 Å². The molecule has 0 aliphatic rings. The summed E-state index contributed by atoms with van der Waals surface area (Å²) < 4.78 is 0. The zero-order valence-electron chi connectivity index (χ0n) is 9.67. The zero-order chi connectivity index (χ0) is 13.1. The monoisotopic (exact) mass is 264 g/mol. The van der Waals surface area contributed by atoms with E-state index in [0.717, 1.165) is 9.88 Å². The number of aromatic nitrogens is 1. The lowest BCUT2D eigenvalue weighted by Gasteiger charge is -2.07. The van der Waals surface area contributed by atoms with Crippen LogP contribution in [0.5, 0.6) is 11.5 Å². The van der Waals surface area contributed by atoms with E-state index in [0.29, 0.717) is 0 Å². The van der Waals surface area contributed by atoms with Gasteiger partial charge in [-0.2, -0.15) is 0 Å². The summed E-state index contributed by atoms with van der Waals surface area (Å²) in [5.74, 6) is -1.02. The molecule has 1 heterocycles. The molecular weight excluding hydrogens is 252 g/mol. The first-order chi connectivity index (χ1) is 8.58. The highest BCUT2D eigenvalue weighted by Gasteiger charge is 2.15. The molecule has 1 aromatic carbocycles. The Morgan fingerprint density at radius 2 is 2.06 bits per heavy atom. The van der Waals surface area contributed by atoms with Gasteiger partial charge in [-0.3, -0.25) is 4.79 Å². The predicted octanol–water partition coefficient (Wildman–Crippen LogP) is 1.79. The first kappa shape index (κ1) is 12.4. The molecule has 18 heavy (non-hydrogen) atoms. The summed E-state index contributed by atoms with van der Waals surface area (Å²) in [5.41, 5.74) is -0.120. The first-order valence-electron chi connectivity index (χ1n) is 5.28. The summed E-state index contributed by atoms with van der Waals surface area (Å²) in [5, 5.41) is 22.4. The summed E-state index contributed by atoms with van der Waals surface area (Å²) in [6.45, 7) is 2.20. The van der Waals surface area contributed by atoms with E-state index in [9.17, 15) is 15.0 Å². The number of phenols is 2. The molecule has 0 unspecified atom stereocenters. The molecule has 0 spiro atoms. The van der Waals surface area contributed by atoms with E-state index in [2.05, 4.69) is 10.3 Å². The second-order valence-electron chi connectivity index (χ2n) is 3.72. The summed E-state index contributed by atoms with van der Waals surface area (Å²) in [4.78, 5) is 17.0. The topological polar surface area (TPSA) is 82.5 Å². The van der Waals surface area contributed by atoms with Crippen LogP contribution in [0.1, 0.15) is 20.2 Å². The quantitative estimate of drug-likeness (QED) is 0.789. The minimum atomic E-state index is -0.529. The van der Waals surface area contributed by atoms with Gasteiger partial charge in [-0.25, -0.2) is 4.98 Å². The van der Waals surface area contributed by atoms with Crippen LogP contribution in [0.2, 0.25) is 0 Å². The van der Waals surface area contributed by atoms with Crippen LogP contribution < -0.4 is 5.32 Å². The highest BCUT2D eigenvalue weighted by molar-refractivity contribution is 7.11. The number of carbonyl (C=O) groups excluding carboxylic acids is 1. The lowest BCUT2D eigenvalue weighted by molar-refractivity contribution is 0.0945. The number of aryl methyl sites for hydroxylation is 1.